The van der Waals surface area contributed by atoms with Crippen molar-refractivity contribution in [2.75, 3.05) is 24.1 Å². The number of nitrogen functional groups attached to an aromatic ring is 1. The minimum atomic E-state index is -1.44. The van der Waals surface area contributed by atoms with Gasteiger partial charge in [0.2, 0.25) is 11.9 Å². The number of carboxylic acids is 2. The number of H-pyrrole nitrogens is 1. The fourth-order valence-corrected chi connectivity index (χ4v) is 9.29. The average molecular weight is 976 g/mol. The number of benzene rings is 2. The van der Waals surface area contributed by atoms with Gasteiger partial charge in [0.25, 0.3) is 17.4 Å². The number of hydrogen-bond donors (Lipinski definition) is 9. The second-order valence-corrected chi connectivity index (χ2v) is 18.4. The van der Waals surface area contributed by atoms with Crippen molar-refractivity contribution < 1.29 is 39.0 Å². The molecule has 3 amide bonds. The third-order valence-electron chi connectivity index (χ3n) is 13.5. The standard InChI is InChI=1S/C49H61N13O9/c1-27-35-17-20-37-40(21-18-36(27)35)62(61-60-37)33-14-10-28(11-15-33)43(64)52-23-5-3-6-30(45(66)56-38(47(68)69)7-2-4-22-50)24-34(63)16-19-39(48(70)71)57-44(65)29-8-12-31(13-9-29)53-25-32-26-54-42-41(55-32)46(67)59-49(51)58-42/h8-15,26-27,30,35-36,38-39,53H,2-7,16-25,50H2,1H3,(H,52,64)(H,56,66)(H,57,65)(H,68,69)(H,70,71)(H3,51,54,58,59,67)/t27-,30-,35+,36-,38-,39+/m1/s1. The number of carbonyl (C=O) groups is 6. The molecule has 376 valence electrons. The van der Waals surface area contributed by atoms with Crippen molar-refractivity contribution in [1.82, 2.24) is 50.9 Å². The van der Waals surface area contributed by atoms with E-state index in [1.165, 1.54) is 18.3 Å². The fourth-order valence-electron chi connectivity index (χ4n) is 9.29. The Kier molecular flexibility index (Phi) is 17.2. The number of carbonyl (C=O) groups excluding carboxylic acids is 4. The summed E-state index contributed by atoms with van der Waals surface area (Å²) in [4.78, 5) is 104. The summed E-state index contributed by atoms with van der Waals surface area (Å²) in [5.41, 5.74) is 15.4. The van der Waals surface area contributed by atoms with Crippen LogP contribution in [0.25, 0.3) is 16.9 Å². The molecule has 3 heterocycles. The number of nitrogens with two attached hydrogens (primary N) is 2. The number of aliphatic carboxylic acids is 2. The van der Waals surface area contributed by atoms with Crippen LogP contribution >= 0.6 is 0 Å². The number of Topliss-reactive ketones (excluding diaryl/α,β-unsaturated/α-hetero) is 1. The van der Waals surface area contributed by atoms with E-state index in [2.05, 4.69) is 58.4 Å². The summed E-state index contributed by atoms with van der Waals surface area (Å²) in [6, 6.07) is 10.7. The van der Waals surface area contributed by atoms with Crippen LogP contribution in [-0.4, -0.2) is 106 Å². The van der Waals surface area contributed by atoms with Gasteiger partial charge in [-0.05, 0) is 137 Å². The van der Waals surface area contributed by atoms with Gasteiger partial charge < -0.3 is 42.9 Å². The Morgan fingerprint density at radius 2 is 1.51 bits per heavy atom. The van der Waals surface area contributed by atoms with E-state index >= 15 is 0 Å². The van der Waals surface area contributed by atoms with Gasteiger partial charge in [-0.3, -0.25) is 29.0 Å². The first-order valence-corrected chi connectivity index (χ1v) is 24.1. The monoisotopic (exact) mass is 975 g/mol. The van der Waals surface area contributed by atoms with E-state index in [9.17, 15) is 43.8 Å². The molecule has 2 aromatic carbocycles. The Bertz CT molecular complexity index is 2780. The second kappa shape index (κ2) is 23.8. The number of aryl methyl sites for hydroxylation is 1. The summed E-state index contributed by atoms with van der Waals surface area (Å²) in [7, 11) is 0. The molecule has 22 nitrogen and oxygen atoms in total. The number of nitrogens with one attached hydrogen (secondary N) is 5. The molecule has 2 aliphatic rings. The Balaban J connectivity index is 0.888. The number of hydrogen-bond acceptors (Lipinski definition) is 15. The van der Waals surface area contributed by atoms with Crippen molar-refractivity contribution in [3.63, 3.8) is 0 Å². The summed E-state index contributed by atoms with van der Waals surface area (Å²) < 4.78 is 1.87. The highest BCUT2D eigenvalue weighted by molar-refractivity contribution is 5.97. The van der Waals surface area contributed by atoms with Crippen LogP contribution in [0.5, 0.6) is 0 Å². The maximum atomic E-state index is 13.6. The zero-order chi connectivity index (χ0) is 50.6. The van der Waals surface area contributed by atoms with Crippen LogP contribution in [0.1, 0.15) is 115 Å². The van der Waals surface area contributed by atoms with Crippen LogP contribution in [0, 0.1) is 23.7 Å². The van der Waals surface area contributed by atoms with Gasteiger partial charge in [0, 0.05) is 42.1 Å². The number of aromatic nitrogens is 7. The summed E-state index contributed by atoms with van der Waals surface area (Å²) in [6.07, 6.45) is 6.90. The van der Waals surface area contributed by atoms with Gasteiger partial charge in [0.15, 0.2) is 11.2 Å². The Morgan fingerprint density at radius 3 is 2.23 bits per heavy atom. The predicted octanol–water partition coefficient (Wildman–Crippen LogP) is 3.09. The first kappa shape index (κ1) is 51.2. The van der Waals surface area contributed by atoms with Crippen LogP contribution in [0.4, 0.5) is 11.6 Å². The van der Waals surface area contributed by atoms with Crippen LogP contribution in [0.3, 0.4) is 0 Å². The first-order chi connectivity index (χ1) is 34.2. The molecule has 3 aromatic heterocycles. The number of rotatable bonds is 25. The molecule has 5 aromatic rings. The largest absolute Gasteiger partial charge is 0.480 e. The summed E-state index contributed by atoms with van der Waals surface area (Å²) in [5, 5.41) is 39.7. The van der Waals surface area contributed by atoms with Crippen molar-refractivity contribution in [3.8, 4) is 5.69 Å². The fraction of sp³-hybridized carbons (Fsp3) is 0.469. The van der Waals surface area contributed by atoms with E-state index in [1.807, 2.05) is 16.8 Å². The van der Waals surface area contributed by atoms with Crippen LogP contribution in [0.2, 0.25) is 0 Å². The third-order valence-corrected chi connectivity index (χ3v) is 13.5. The second-order valence-electron chi connectivity index (χ2n) is 18.4. The van der Waals surface area contributed by atoms with Gasteiger partial charge in [-0.2, -0.15) is 4.98 Å². The molecular formula is C49H61N13O9. The number of aromatic amines is 1. The molecule has 2 aliphatic carbocycles. The lowest BCUT2D eigenvalue weighted by Crippen LogP contribution is -2.44. The van der Waals surface area contributed by atoms with Gasteiger partial charge >= 0.3 is 11.9 Å². The van der Waals surface area contributed by atoms with Gasteiger partial charge in [0.1, 0.15) is 17.9 Å². The predicted molar refractivity (Wildman–Crippen MR) is 260 cm³/mol. The number of fused-ring (bicyclic) bond motifs is 3. The highest BCUT2D eigenvalue weighted by Crippen LogP contribution is 2.52. The molecule has 0 unspecified atom stereocenters. The highest BCUT2D eigenvalue weighted by atomic mass is 16.4. The Labute approximate surface area is 408 Å². The normalized spacial score (nSPS) is 17.3. The van der Waals surface area contributed by atoms with E-state index in [0.717, 1.165) is 60.5 Å². The molecule has 0 saturated heterocycles. The van der Waals surface area contributed by atoms with E-state index < -0.39 is 53.1 Å². The van der Waals surface area contributed by atoms with E-state index in [1.54, 1.807) is 24.3 Å². The van der Waals surface area contributed by atoms with Crippen molar-refractivity contribution in [3.05, 3.63) is 93.3 Å². The molecule has 71 heavy (non-hydrogen) atoms. The van der Waals surface area contributed by atoms with Crippen molar-refractivity contribution in [1.29, 1.82) is 0 Å². The quantitative estimate of drug-likeness (QED) is 0.0379. The van der Waals surface area contributed by atoms with Crippen molar-refractivity contribution in [2.45, 2.75) is 109 Å². The molecule has 0 aliphatic heterocycles. The Morgan fingerprint density at radius 1 is 0.831 bits per heavy atom. The van der Waals surface area contributed by atoms with Crippen LogP contribution < -0.4 is 38.3 Å². The lowest BCUT2D eigenvalue weighted by Gasteiger charge is -2.21. The number of amides is 3. The topological polar surface area (TPSA) is 345 Å². The van der Waals surface area contributed by atoms with Gasteiger partial charge in [0.05, 0.1) is 35.5 Å². The third kappa shape index (κ3) is 13.6. The summed E-state index contributed by atoms with van der Waals surface area (Å²) >= 11 is 0. The van der Waals surface area contributed by atoms with Gasteiger partial charge in [-0.15, -0.1) is 5.10 Å². The van der Waals surface area contributed by atoms with Gasteiger partial charge in [-0.25, -0.2) is 24.2 Å². The molecule has 1 fully saturated rings. The SMILES string of the molecule is C[C@H]1[C@H]2CCc3c(nnn3-c3ccc(C(=O)NCCCC[C@H](CC(=O)CC[C@H](NC(=O)c4ccc(NCc5cnc6nc(N)[nH]c(=O)c6n5)cc4)C(=O)O)C(=O)N[C@H](CCCCN)C(=O)O)cc3)CC[C@@H]12. The van der Waals surface area contributed by atoms with Crippen LogP contribution in [0.15, 0.2) is 59.5 Å². The number of ketones is 1. The zero-order valence-electron chi connectivity index (χ0n) is 39.6. The van der Waals surface area contributed by atoms with E-state index in [4.69, 9.17) is 11.5 Å². The molecule has 11 N–H and O–H groups in total. The van der Waals surface area contributed by atoms with Gasteiger partial charge in [-0.1, -0.05) is 18.6 Å². The summed E-state index contributed by atoms with van der Waals surface area (Å²) in [6.45, 7) is 3.13. The molecule has 6 atom stereocenters. The zero-order valence-corrected chi connectivity index (χ0v) is 39.6. The van der Waals surface area contributed by atoms with Crippen LogP contribution in [-0.2, 0) is 38.6 Å². The molecule has 1 saturated carbocycles. The summed E-state index contributed by atoms with van der Waals surface area (Å²) in [5.74, 6) is -3.34. The lowest BCUT2D eigenvalue weighted by atomic mass is 9.92. The molecular weight excluding hydrogens is 915 g/mol. The average Bonchev–Trinajstić information content (AvgIpc) is 3.76. The van der Waals surface area contributed by atoms with E-state index in [0.29, 0.717) is 49.2 Å². The molecule has 7 rings (SSSR count). The number of anilines is 2. The first-order valence-electron chi connectivity index (χ1n) is 24.1. The Hall–Kier alpha value is -7.62. The molecule has 0 radical (unpaired) electrons. The number of unbranched alkanes of at least 4 members (excludes halogenated alkanes) is 2. The smallest absolute Gasteiger partial charge is 0.326 e. The molecule has 0 bridgehead atoms. The van der Waals surface area contributed by atoms with Crippen molar-refractivity contribution >= 4 is 58.2 Å². The molecule has 0 spiro atoms. The molecule has 22 heteroatoms. The highest BCUT2D eigenvalue weighted by Gasteiger charge is 2.46. The number of nitrogens with zero attached hydrogens (tertiary/aromatic N) is 6. The number of carboxylic acid groups (broad SMARTS) is 2. The maximum Gasteiger partial charge on any atom is 0.326 e. The van der Waals surface area contributed by atoms with E-state index in [-0.39, 0.29) is 73.8 Å². The maximum absolute atomic E-state index is 13.6. The minimum absolute atomic E-state index is 0.0235. The lowest BCUT2D eigenvalue weighted by molar-refractivity contribution is -0.143. The van der Waals surface area contributed by atoms with Crippen molar-refractivity contribution in [2.24, 2.45) is 29.4 Å². The minimum Gasteiger partial charge on any atom is -0.480 e.